The smallest absolute Gasteiger partial charge is 0.0314 e. The molecule has 0 radical (unpaired) electrons. The van der Waals surface area contributed by atoms with E-state index in [1.165, 1.54) is 27.8 Å². The summed E-state index contributed by atoms with van der Waals surface area (Å²) in [6.45, 7) is 0. The van der Waals surface area contributed by atoms with Crippen molar-refractivity contribution in [1.29, 1.82) is 0 Å². The van der Waals surface area contributed by atoms with Crippen LogP contribution in [-0.2, 0) is 6.42 Å². The van der Waals surface area contributed by atoms with Crippen molar-refractivity contribution in [2.45, 2.75) is 6.42 Å². The maximum Gasteiger partial charge on any atom is 0.0314 e. The highest BCUT2D eigenvalue weighted by atomic mass is 32.1. The Morgan fingerprint density at radius 1 is 0.591 bits per heavy atom. The lowest BCUT2D eigenvalue weighted by Gasteiger charge is -2.06. The minimum absolute atomic E-state index is 0.793. The maximum atomic E-state index is 5.73. The van der Waals surface area contributed by atoms with Crippen molar-refractivity contribution in [2.75, 3.05) is 11.5 Å². The Labute approximate surface area is 137 Å². The lowest BCUT2D eigenvalue weighted by atomic mass is 9.99. The first-order chi connectivity index (χ1) is 10.8. The summed E-state index contributed by atoms with van der Waals surface area (Å²) in [5.41, 5.74) is 12.7. The Bertz CT molecular complexity index is 728. The highest BCUT2D eigenvalue weighted by molar-refractivity contribution is 7.80. The van der Waals surface area contributed by atoms with Gasteiger partial charge in [-0.05, 0) is 52.1 Å². The normalized spacial score (nSPS) is 10.6. The lowest BCUT2D eigenvalue weighted by Crippen LogP contribution is -1.86. The summed E-state index contributed by atoms with van der Waals surface area (Å²) in [6.07, 6.45) is 1.01. The SMILES string of the molecule is Nc1ccc(-c2ccc(-c3ccc(CCS)cc3)cc2)cc1. The molecule has 0 unspecified atom stereocenters. The van der Waals surface area contributed by atoms with Gasteiger partial charge in [0.25, 0.3) is 0 Å². The molecule has 3 aromatic carbocycles. The van der Waals surface area contributed by atoms with E-state index in [0.29, 0.717) is 0 Å². The quantitative estimate of drug-likeness (QED) is 0.510. The fourth-order valence-electron chi connectivity index (χ4n) is 2.52. The molecule has 3 rings (SSSR count). The van der Waals surface area contributed by atoms with Crippen LogP contribution in [0.5, 0.6) is 0 Å². The molecule has 0 atom stereocenters. The second-order valence-corrected chi connectivity index (χ2v) is 5.82. The monoisotopic (exact) mass is 305 g/mol. The van der Waals surface area contributed by atoms with Crippen LogP contribution in [0.2, 0.25) is 0 Å². The molecule has 0 bridgehead atoms. The molecule has 2 heteroatoms. The van der Waals surface area contributed by atoms with Gasteiger partial charge in [-0.25, -0.2) is 0 Å². The van der Waals surface area contributed by atoms with Crippen LogP contribution >= 0.6 is 12.6 Å². The van der Waals surface area contributed by atoms with E-state index in [1.807, 2.05) is 12.1 Å². The Kier molecular flexibility index (Phi) is 4.50. The molecule has 110 valence electrons. The van der Waals surface area contributed by atoms with Gasteiger partial charge in [0.2, 0.25) is 0 Å². The summed E-state index contributed by atoms with van der Waals surface area (Å²) in [5, 5.41) is 0. The molecule has 0 aliphatic rings. The fraction of sp³-hybridized carbons (Fsp3) is 0.100. The van der Waals surface area contributed by atoms with E-state index < -0.39 is 0 Å². The van der Waals surface area contributed by atoms with Crippen molar-refractivity contribution in [3.63, 3.8) is 0 Å². The second-order valence-electron chi connectivity index (χ2n) is 5.37. The van der Waals surface area contributed by atoms with Crippen molar-refractivity contribution in [3.8, 4) is 22.3 Å². The molecule has 0 amide bonds. The number of benzene rings is 3. The van der Waals surface area contributed by atoms with E-state index >= 15 is 0 Å². The summed E-state index contributed by atoms with van der Waals surface area (Å²) in [5.74, 6) is 0.885. The van der Waals surface area contributed by atoms with E-state index in [0.717, 1.165) is 17.9 Å². The zero-order chi connectivity index (χ0) is 15.4. The molecule has 22 heavy (non-hydrogen) atoms. The molecule has 0 saturated heterocycles. The van der Waals surface area contributed by atoms with Gasteiger partial charge in [-0.1, -0.05) is 60.7 Å². The molecule has 0 fully saturated rings. The van der Waals surface area contributed by atoms with Gasteiger partial charge in [0.1, 0.15) is 0 Å². The maximum absolute atomic E-state index is 5.73. The predicted molar refractivity (Wildman–Crippen MR) is 99.3 cm³/mol. The van der Waals surface area contributed by atoms with Crippen LogP contribution < -0.4 is 5.73 Å². The molecule has 3 aromatic rings. The molecule has 0 spiro atoms. The van der Waals surface area contributed by atoms with Crippen molar-refractivity contribution in [2.24, 2.45) is 0 Å². The fourth-order valence-corrected chi connectivity index (χ4v) is 2.78. The number of nitrogens with two attached hydrogens (primary N) is 1. The first kappa shape index (κ1) is 14.7. The zero-order valence-electron chi connectivity index (χ0n) is 12.4. The number of anilines is 1. The first-order valence-corrected chi connectivity index (χ1v) is 8.06. The van der Waals surface area contributed by atoms with Crippen LogP contribution in [0, 0.1) is 0 Å². The predicted octanol–water partition coefficient (Wildman–Crippen LogP) is 5.08. The van der Waals surface area contributed by atoms with Crippen LogP contribution in [-0.4, -0.2) is 5.75 Å². The number of rotatable bonds is 4. The molecular weight excluding hydrogens is 286 g/mol. The van der Waals surface area contributed by atoms with Crippen LogP contribution in [0.1, 0.15) is 5.56 Å². The molecule has 0 aliphatic heterocycles. The van der Waals surface area contributed by atoms with Crippen LogP contribution in [0.15, 0.2) is 72.8 Å². The van der Waals surface area contributed by atoms with Gasteiger partial charge in [0.05, 0.1) is 0 Å². The Morgan fingerprint density at radius 3 is 1.36 bits per heavy atom. The van der Waals surface area contributed by atoms with Gasteiger partial charge in [0.15, 0.2) is 0 Å². The summed E-state index contributed by atoms with van der Waals surface area (Å²) in [6, 6.07) is 25.3. The van der Waals surface area contributed by atoms with E-state index in [2.05, 4.69) is 73.3 Å². The van der Waals surface area contributed by atoms with Gasteiger partial charge >= 0.3 is 0 Å². The average Bonchev–Trinajstić information content (AvgIpc) is 2.57. The lowest BCUT2D eigenvalue weighted by molar-refractivity contribution is 1.16. The highest BCUT2D eigenvalue weighted by Crippen LogP contribution is 2.25. The third kappa shape index (κ3) is 3.34. The Morgan fingerprint density at radius 2 is 0.955 bits per heavy atom. The van der Waals surface area contributed by atoms with Crippen molar-refractivity contribution < 1.29 is 0 Å². The van der Waals surface area contributed by atoms with Crippen LogP contribution in [0.3, 0.4) is 0 Å². The number of hydrogen-bond donors (Lipinski definition) is 2. The molecule has 0 aromatic heterocycles. The second kappa shape index (κ2) is 6.71. The molecule has 0 heterocycles. The van der Waals surface area contributed by atoms with Crippen LogP contribution in [0.25, 0.3) is 22.3 Å². The molecule has 2 N–H and O–H groups in total. The highest BCUT2D eigenvalue weighted by Gasteiger charge is 2.01. The topological polar surface area (TPSA) is 26.0 Å². The largest absolute Gasteiger partial charge is 0.399 e. The van der Waals surface area contributed by atoms with E-state index in [4.69, 9.17) is 5.73 Å². The third-order valence-corrected chi connectivity index (χ3v) is 4.04. The number of hydrogen-bond acceptors (Lipinski definition) is 2. The van der Waals surface area contributed by atoms with E-state index in [9.17, 15) is 0 Å². The van der Waals surface area contributed by atoms with E-state index in [1.54, 1.807) is 0 Å². The summed E-state index contributed by atoms with van der Waals surface area (Å²) in [7, 11) is 0. The van der Waals surface area contributed by atoms with Gasteiger partial charge in [0, 0.05) is 5.69 Å². The first-order valence-electron chi connectivity index (χ1n) is 7.42. The van der Waals surface area contributed by atoms with Gasteiger partial charge < -0.3 is 5.73 Å². The summed E-state index contributed by atoms with van der Waals surface area (Å²) in [4.78, 5) is 0. The Hall–Kier alpha value is -2.19. The van der Waals surface area contributed by atoms with Crippen LogP contribution in [0.4, 0.5) is 5.69 Å². The van der Waals surface area contributed by atoms with Crippen molar-refractivity contribution in [1.82, 2.24) is 0 Å². The number of nitrogen functional groups attached to an aromatic ring is 1. The standard InChI is InChI=1S/C20H19NS/c21-20-11-9-19(10-12-20)18-7-5-17(6-8-18)16-3-1-15(2-4-16)13-14-22/h1-12,22H,13-14,21H2. The minimum atomic E-state index is 0.793. The van der Waals surface area contributed by atoms with Crippen molar-refractivity contribution in [3.05, 3.63) is 78.4 Å². The molecular formula is C20H19NS. The zero-order valence-corrected chi connectivity index (χ0v) is 13.3. The summed E-state index contributed by atoms with van der Waals surface area (Å²) < 4.78 is 0. The average molecular weight is 305 g/mol. The Balaban J connectivity index is 1.83. The summed E-state index contributed by atoms with van der Waals surface area (Å²) >= 11 is 4.27. The van der Waals surface area contributed by atoms with Gasteiger partial charge in [-0.3, -0.25) is 0 Å². The molecule has 1 nitrogen and oxygen atoms in total. The molecule has 0 saturated carbocycles. The molecule has 0 aliphatic carbocycles. The number of thiol groups is 1. The van der Waals surface area contributed by atoms with Gasteiger partial charge in [-0.2, -0.15) is 12.6 Å². The third-order valence-electron chi connectivity index (χ3n) is 3.82. The minimum Gasteiger partial charge on any atom is -0.399 e. The van der Waals surface area contributed by atoms with Crippen molar-refractivity contribution >= 4 is 18.3 Å². The van der Waals surface area contributed by atoms with Gasteiger partial charge in [-0.15, -0.1) is 0 Å². The number of aryl methyl sites for hydroxylation is 1. The van der Waals surface area contributed by atoms with E-state index in [-0.39, 0.29) is 0 Å².